The standard InChI is InChI=1S/C13H12O4/c1-9-5-3-4-6-10(9)16-12-8-7-11(17-12)13(14)15-2/h3-8H,1-2H3. The van der Waals surface area contributed by atoms with Crippen molar-refractivity contribution in [2.75, 3.05) is 7.11 Å². The van der Waals surface area contributed by atoms with Crippen molar-refractivity contribution in [3.63, 3.8) is 0 Å². The Morgan fingerprint density at radius 2 is 1.94 bits per heavy atom. The normalized spacial score (nSPS) is 10.0. The van der Waals surface area contributed by atoms with Gasteiger partial charge in [0.1, 0.15) is 5.75 Å². The molecule has 0 saturated heterocycles. The van der Waals surface area contributed by atoms with Gasteiger partial charge in [0.15, 0.2) is 0 Å². The number of hydrogen-bond acceptors (Lipinski definition) is 4. The van der Waals surface area contributed by atoms with Crippen LogP contribution in [0.25, 0.3) is 0 Å². The molecule has 0 fully saturated rings. The molecular formula is C13H12O4. The van der Waals surface area contributed by atoms with Crippen LogP contribution >= 0.6 is 0 Å². The molecule has 88 valence electrons. The highest BCUT2D eigenvalue weighted by atomic mass is 16.6. The van der Waals surface area contributed by atoms with Crippen molar-refractivity contribution in [1.82, 2.24) is 0 Å². The first-order chi connectivity index (χ1) is 8.20. The number of carbonyl (C=O) groups excluding carboxylic acids is 1. The molecule has 4 heteroatoms. The lowest BCUT2D eigenvalue weighted by molar-refractivity contribution is 0.0560. The van der Waals surface area contributed by atoms with Gasteiger partial charge in [0.25, 0.3) is 5.95 Å². The van der Waals surface area contributed by atoms with E-state index in [1.165, 1.54) is 13.2 Å². The monoisotopic (exact) mass is 232 g/mol. The quantitative estimate of drug-likeness (QED) is 0.762. The molecule has 0 spiro atoms. The summed E-state index contributed by atoms with van der Waals surface area (Å²) in [5.41, 5.74) is 0.989. The number of rotatable bonds is 3. The second kappa shape index (κ2) is 4.74. The maximum Gasteiger partial charge on any atom is 0.374 e. The number of furan rings is 1. The van der Waals surface area contributed by atoms with E-state index < -0.39 is 5.97 Å². The van der Waals surface area contributed by atoms with Gasteiger partial charge < -0.3 is 13.9 Å². The van der Waals surface area contributed by atoms with Gasteiger partial charge in [-0.05, 0) is 24.6 Å². The van der Waals surface area contributed by atoms with Crippen molar-refractivity contribution in [2.24, 2.45) is 0 Å². The lowest BCUT2D eigenvalue weighted by Gasteiger charge is -2.04. The van der Waals surface area contributed by atoms with Crippen LogP contribution in [0.1, 0.15) is 16.1 Å². The number of methoxy groups -OCH3 is 1. The summed E-state index contributed by atoms with van der Waals surface area (Å²) in [6, 6.07) is 10.6. The van der Waals surface area contributed by atoms with Crippen LogP contribution in [0, 0.1) is 6.92 Å². The van der Waals surface area contributed by atoms with Crippen LogP contribution in [0.5, 0.6) is 11.7 Å². The van der Waals surface area contributed by atoms with Crippen LogP contribution in [-0.2, 0) is 4.74 Å². The Morgan fingerprint density at radius 3 is 2.65 bits per heavy atom. The third-order valence-corrected chi connectivity index (χ3v) is 2.27. The Bertz CT molecular complexity index is 528. The molecule has 0 N–H and O–H groups in total. The number of ether oxygens (including phenoxy) is 2. The Morgan fingerprint density at radius 1 is 1.18 bits per heavy atom. The number of carbonyl (C=O) groups is 1. The molecule has 1 aromatic carbocycles. The van der Waals surface area contributed by atoms with Crippen LogP contribution in [-0.4, -0.2) is 13.1 Å². The smallest absolute Gasteiger partial charge is 0.374 e. The van der Waals surface area contributed by atoms with E-state index in [9.17, 15) is 4.79 Å². The summed E-state index contributed by atoms with van der Waals surface area (Å²) in [6.45, 7) is 1.93. The van der Waals surface area contributed by atoms with E-state index in [0.717, 1.165) is 5.56 Å². The van der Waals surface area contributed by atoms with E-state index in [0.29, 0.717) is 5.75 Å². The van der Waals surface area contributed by atoms with Gasteiger partial charge >= 0.3 is 5.97 Å². The predicted octanol–water partition coefficient (Wildman–Crippen LogP) is 3.17. The van der Waals surface area contributed by atoms with Crippen molar-refractivity contribution in [3.8, 4) is 11.7 Å². The molecule has 0 atom stereocenters. The van der Waals surface area contributed by atoms with Crippen molar-refractivity contribution >= 4 is 5.97 Å². The fourth-order valence-corrected chi connectivity index (χ4v) is 1.36. The number of hydrogen-bond donors (Lipinski definition) is 0. The summed E-state index contributed by atoms with van der Waals surface area (Å²) in [6.07, 6.45) is 0. The maximum atomic E-state index is 11.2. The molecule has 1 heterocycles. The first kappa shape index (κ1) is 11.3. The van der Waals surface area contributed by atoms with Gasteiger partial charge in [-0.25, -0.2) is 4.79 Å². The van der Waals surface area contributed by atoms with Crippen molar-refractivity contribution in [2.45, 2.75) is 6.92 Å². The summed E-state index contributed by atoms with van der Waals surface area (Å²) in [4.78, 5) is 11.2. The molecule has 2 rings (SSSR count). The summed E-state index contributed by atoms with van der Waals surface area (Å²) in [7, 11) is 1.30. The first-order valence-corrected chi connectivity index (χ1v) is 5.12. The van der Waals surface area contributed by atoms with E-state index in [1.807, 2.05) is 31.2 Å². The van der Waals surface area contributed by atoms with Gasteiger partial charge in [-0.15, -0.1) is 0 Å². The molecule has 0 saturated carbocycles. The first-order valence-electron chi connectivity index (χ1n) is 5.12. The van der Waals surface area contributed by atoms with E-state index in [-0.39, 0.29) is 11.7 Å². The van der Waals surface area contributed by atoms with Gasteiger partial charge in [0, 0.05) is 6.07 Å². The highest BCUT2D eigenvalue weighted by Gasteiger charge is 2.12. The molecule has 2 aromatic rings. The Kier molecular flexibility index (Phi) is 3.14. The Labute approximate surface area is 98.8 Å². The zero-order valence-corrected chi connectivity index (χ0v) is 9.60. The molecule has 0 unspecified atom stereocenters. The largest absolute Gasteiger partial charge is 0.463 e. The van der Waals surface area contributed by atoms with E-state index in [2.05, 4.69) is 4.74 Å². The zero-order chi connectivity index (χ0) is 12.3. The lowest BCUT2D eigenvalue weighted by Crippen LogP contribution is -1.98. The van der Waals surface area contributed by atoms with E-state index in [4.69, 9.17) is 9.15 Å². The van der Waals surface area contributed by atoms with Crippen molar-refractivity contribution < 1.29 is 18.7 Å². The molecule has 0 amide bonds. The van der Waals surface area contributed by atoms with E-state index >= 15 is 0 Å². The third-order valence-electron chi connectivity index (χ3n) is 2.27. The highest BCUT2D eigenvalue weighted by molar-refractivity contribution is 5.86. The molecule has 1 aromatic heterocycles. The average Bonchev–Trinajstić information content (AvgIpc) is 2.80. The van der Waals surface area contributed by atoms with Crippen LogP contribution in [0.15, 0.2) is 40.8 Å². The van der Waals surface area contributed by atoms with Crippen molar-refractivity contribution in [1.29, 1.82) is 0 Å². The van der Waals surface area contributed by atoms with Crippen LogP contribution in [0.4, 0.5) is 0 Å². The van der Waals surface area contributed by atoms with Crippen LogP contribution in [0.3, 0.4) is 0 Å². The molecule has 0 radical (unpaired) electrons. The lowest BCUT2D eigenvalue weighted by atomic mass is 10.2. The Hall–Kier alpha value is -2.23. The minimum atomic E-state index is -0.523. The number of esters is 1. The summed E-state index contributed by atoms with van der Waals surface area (Å²) in [5.74, 6) is 0.554. The predicted molar refractivity (Wildman–Crippen MR) is 61.3 cm³/mol. The molecular weight excluding hydrogens is 220 g/mol. The third kappa shape index (κ3) is 2.47. The molecule has 17 heavy (non-hydrogen) atoms. The fourth-order valence-electron chi connectivity index (χ4n) is 1.36. The molecule has 0 aliphatic carbocycles. The summed E-state index contributed by atoms with van der Waals surface area (Å²) in [5, 5.41) is 0. The average molecular weight is 232 g/mol. The van der Waals surface area contributed by atoms with Gasteiger partial charge in [0.2, 0.25) is 5.76 Å². The highest BCUT2D eigenvalue weighted by Crippen LogP contribution is 2.26. The minimum absolute atomic E-state index is 0.121. The van der Waals surface area contributed by atoms with Crippen LogP contribution in [0.2, 0.25) is 0 Å². The summed E-state index contributed by atoms with van der Waals surface area (Å²) < 4.78 is 15.2. The van der Waals surface area contributed by atoms with Gasteiger partial charge in [-0.3, -0.25) is 0 Å². The number of aryl methyl sites for hydroxylation is 1. The van der Waals surface area contributed by atoms with Crippen LogP contribution < -0.4 is 4.74 Å². The van der Waals surface area contributed by atoms with Gasteiger partial charge in [-0.1, -0.05) is 18.2 Å². The Balaban J connectivity index is 2.17. The molecule has 0 bridgehead atoms. The molecule has 0 aliphatic rings. The molecule has 4 nitrogen and oxygen atoms in total. The minimum Gasteiger partial charge on any atom is -0.463 e. The maximum absolute atomic E-state index is 11.2. The number of para-hydroxylation sites is 1. The van der Waals surface area contributed by atoms with Gasteiger partial charge in [-0.2, -0.15) is 0 Å². The zero-order valence-electron chi connectivity index (χ0n) is 9.60. The second-order valence-corrected chi connectivity index (χ2v) is 3.48. The fraction of sp³-hybridized carbons (Fsp3) is 0.154. The van der Waals surface area contributed by atoms with Crippen molar-refractivity contribution in [3.05, 3.63) is 47.7 Å². The summed E-state index contributed by atoms with van der Waals surface area (Å²) >= 11 is 0. The van der Waals surface area contributed by atoms with Gasteiger partial charge in [0.05, 0.1) is 7.11 Å². The number of benzene rings is 1. The SMILES string of the molecule is COC(=O)c1ccc(Oc2ccccc2C)o1. The van der Waals surface area contributed by atoms with E-state index in [1.54, 1.807) is 6.07 Å². The second-order valence-electron chi connectivity index (χ2n) is 3.48. The molecule has 0 aliphatic heterocycles. The topological polar surface area (TPSA) is 48.7 Å².